The Morgan fingerprint density at radius 3 is 2.23 bits per heavy atom. The van der Waals surface area contributed by atoms with Gasteiger partial charge in [0.2, 0.25) is 0 Å². The van der Waals surface area contributed by atoms with Gasteiger partial charge in [-0.1, -0.05) is 54.6 Å². The quantitative estimate of drug-likeness (QED) is 0.364. The van der Waals surface area contributed by atoms with Gasteiger partial charge in [0.1, 0.15) is 0 Å². The number of carbonyl (C=O) groups excluding carboxylic acids is 2. The van der Waals surface area contributed by atoms with Crippen molar-refractivity contribution in [2.75, 3.05) is 27.1 Å². The van der Waals surface area contributed by atoms with E-state index < -0.39 is 12.2 Å². The van der Waals surface area contributed by atoms with E-state index in [1.54, 1.807) is 0 Å². The zero-order valence-corrected chi connectivity index (χ0v) is 17.2. The summed E-state index contributed by atoms with van der Waals surface area (Å²) in [5.74, 6) is 0. The van der Waals surface area contributed by atoms with E-state index in [2.05, 4.69) is 20.7 Å². The van der Waals surface area contributed by atoms with Gasteiger partial charge in [-0.05, 0) is 16.7 Å². The largest absolute Gasteiger partial charge is 0.453 e. The number of nitrogens with one attached hydrogen (secondary N) is 3. The molecule has 8 nitrogen and oxygen atoms in total. The molecule has 0 saturated carbocycles. The number of rotatable bonds is 12. The van der Waals surface area contributed by atoms with E-state index in [-0.39, 0.29) is 0 Å². The van der Waals surface area contributed by atoms with Crippen molar-refractivity contribution in [2.45, 2.75) is 26.1 Å². The molecule has 0 unspecified atom stereocenters. The molecule has 0 bridgehead atoms. The first-order valence-corrected chi connectivity index (χ1v) is 9.80. The fourth-order valence-corrected chi connectivity index (χ4v) is 2.58. The van der Waals surface area contributed by atoms with Crippen LogP contribution in [0.3, 0.4) is 0 Å². The van der Waals surface area contributed by atoms with Crippen molar-refractivity contribution in [3.63, 3.8) is 0 Å². The second-order valence-corrected chi connectivity index (χ2v) is 6.47. The van der Waals surface area contributed by atoms with Crippen LogP contribution in [0, 0.1) is 0 Å². The van der Waals surface area contributed by atoms with Crippen molar-refractivity contribution < 1.29 is 23.8 Å². The van der Waals surface area contributed by atoms with Gasteiger partial charge in [-0.25, -0.2) is 9.59 Å². The third-order valence-electron chi connectivity index (χ3n) is 4.09. The fraction of sp³-hybridized carbons (Fsp3) is 0.364. The molecule has 2 aromatic carbocycles. The summed E-state index contributed by atoms with van der Waals surface area (Å²) in [5, 5.41) is 8.54. The van der Waals surface area contributed by atoms with Gasteiger partial charge in [-0.2, -0.15) is 0 Å². The van der Waals surface area contributed by atoms with Gasteiger partial charge in [-0.3, -0.25) is 5.32 Å². The summed E-state index contributed by atoms with van der Waals surface area (Å²) in [6.07, 6.45) is -0.266. The van der Waals surface area contributed by atoms with E-state index in [1.165, 1.54) is 7.11 Å². The van der Waals surface area contributed by atoms with Gasteiger partial charge in [0, 0.05) is 26.1 Å². The highest BCUT2D eigenvalue weighted by molar-refractivity contribution is 5.67. The number of alkyl carbamates (subject to hydrolysis) is 2. The first-order chi connectivity index (χ1) is 14.7. The molecule has 0 radical (unpaired) electrons. The van der Waals surface area contributed by atoms with Gasteiger partial charge in [0.25, 0.3) is 0 Å². The van der Waals surface area contributed by atoms with E-state index in [9.17, 15) is 9.59 Å². The van der Waals surface area contributed by atoms with Crippen LogP contribution in [0.2, 0.25) is 0 Å². The summed E-state index contributed by atoms with van der Waals surface area (Å²) in [6.45, 7) is 2.68. The molecule has 0 aliphatic carbocycles. The maximum Gasteiger partial charge on any atom is 0.407 e. The Hall–Kier alpha value is -3.10. The summed E-state index contributed by atoms with van der Waals surface area (Å²) in [7, 11) is 1.34. The number of hydrogen-bond acceptors (Lipinski definition) is 6. The Morgan fingerprint density at radius 1 is 0.800 bits per heavy atom. The predicted octanol–water partition coefficient (Wildman–Crippen LogP) is 2.92. The Morgan fingerprint density at radius 2 is 1.47 bits per heavy atom. The first-order valence-electron chi connectivity index (χ1n) is 9.80. The number of ether oxygens (including phenoxy) is 3. The van der Waals surface area contributed by atoms with Crippen LogP contribution in [0.25, 0.3) is 0 Å². The van der Waals surface area contributed by atoms with Crippen molar-refractivity contribution in [3.8, 4) is 0 Å². The van der Waals surface area contributed by atoms with E-state index in [1.807, 2.05) is 54.6 Å². The second kappa shape index (κ2) is 14.0. The lowest BCUT2D eigenvalue weighted by Crippen LogP contribution is -2.24. The second-order valence-electron chi connectivity index (χ2n) is 6.47. The molecule has 0 aliphatic heterocycles. The van der Waals surface area contributed by atoms with Crippen molar-refractivity contribution in [1.82, 2.24) is 16.0 Å². The molecule has 2 amide bonds. The molecule has 0 saturated heterocycles. The third-order valence-corrected chi connectivity index (χ3v) is 4.09. The standard InChI is InChI=1S/C22H29N3O5/c1-28-21(26)24-16-20-10-5-9-19(13-20)14-23-17-29-11-6-12-30-22(27)25-15-18-7-3-2-4-8-18/h2-5,7-10,13,23H,6,11-12,14-17H2,1H3,(H,24,26)(H,25,27). The number of methoxy groups -OCH3 is 1. The smallest absolute Gasteiger partial charge is 0.407 e. The van der Waals surface area contributed by atoms with Crippen LogP contribution in [0.5, 0.6) is 0 Å². The minimum atomic E-state index is -0.454. The number of carbonyl (C=O) groups is 2. The number of benzene rings is 2. The zero-order valence-electron chi connectivity index (χ0n) is 17.2. The molecule has 0 fully saturated rings. The lowest BCUT2D eigenvalue weighted by atomic mass is 10.1. The highest BCUT2D eigenvalue weighted by Crippen LogP contribution is 2.05. The molecule has 8 heteroatoms. The Labute approximate surface area is 176 Å². The lowest BCUT2D eigenvalue weighted by molar-refractivity contribution is 0.0897. The zero-order chi connectivity index (χ0) is 21.4. The van der Waals surface area contributed by atoms with Crippen molar-refractivity contribution >= 4 is 12.2 Å². The molecular formula is C22H29N3O5. The first kappa shape index (κ1) is 23.2. The van der Waals surface area contributed by atoms with E-state index in [4.69, 9.17) is 9.47 Å². The average molecular weight is 415 g/mol. The molecule has 2 rings (SSSR count). The normalized spacial score (nSPS) is 10.3. The topological polar surface area (TPSA) is 97.9 Å². The average Bonchev–Trinajstić information content (AvgIpc) is 2.78. The molecule has 3 N–H and O–H groups in total. The Balaban J connectivity index is 1.48. The van der Waals surface area contributed by atoms with Crippen molar-refractivity contribution in [2.24, 2.45) is 0 Å². The summed E-state index contributed by atoms with van der Waals surface area (Å²) >= 11 is 0. The summed E-state index contributed by atoms with van der Waals surface area (Å²) in [6, 6.07) is 17.5. The van der Waals surface area contributed by atoms with Crippen LogP contribution < -0.4 is 16.0 Å². The minimum absolute atomic E-state index is 0.301. The Bertz CT molecular complexity index is 770. The molecule has 30 heavy (non-hydrogen) atoms. The number of hydrogen-bond donors (Lipinski definition) is 3. The fourth-order valence-electron chi connectivity index (χ4n) is 2.58. The molecule has 0 heterocycles. The minimum Gasteiger partial charge on any atom is -0.453 e. The van der Waals surface area contributed by atoms with Crippen LogP contribution in [0.1, 0.15) is 23.1 Å². The maximum atomic E-state index is 11.6. The third kappa shape index (κ3) is 9.90. The monoisotopic (exact) mass is 415 g/mol. The number of amides is 2. The van der Waals surface area contributed by atoms with Crippen LogP contribution in [0.15, 0.2) is 54.6 Å². The molecule has 162 valence electrons. The van der Waals surface area contributed by atoms with E-state index >= 15 is 0 Å². The molecule has 0 atom stereocenters. The SMILES string of the molecule is COC(=O)NCc1cccc(CNCOCCCOC(=O)NCc2ccccc2)c1. The van der Waals surface area contributed by atoms with Crippen LogP contribution in [0.4, 0.5) is 9.59 Å². The molecule has 0 aromatic heterocycles. The summed E-state index contributed by atoms with van der Waals surface area (Å²) in [5.41, 5.74) is 3.10. The van der Waals surface area contributed by atoms with E-state index in [0.717, 1.165) is 16.7 Å². The summed E-state index contributed by atoms with van der Waals surface area (Å²) in [4.78, 5) is 22.7. The molecule has 0 aliphatic rings. The highest BCUT2D eigenvalue weighted by Gasteiger charge is 2.02. The summed E-state index contributed by atoms with van der Waals surface area (Å²) < 4.78 is 15.2. The lowest BCUT2D eigenvalue weighted by Gasteiger charge is -2.09. The van der Waals surface area contributed by atoms with Gasteiger partial charge in [-0.15, -0.1) is 0 Å². The van der Waals surface area contributed by atoms with Crippen LogP contribution in [-0.2, 0) is 33.8 Å². The van der Waals surface area contributed by atoms with Gasteiger partial charge < -0.3 is 24.8 Å². The van der Waals surface area contributed by atoms with Crippen LogP contribution >= 0.6 is 0 Å². The van der Waals surface area contributed by atoms with Crippen molar-refractivity contribution in [1.29, 1.82) is 0 Å². The van der Waals surface area contributed by atoms with Crippen molar-refractivity contribution in [3.05, 3.63) is 71.3 Å². The molecule has 0 spiro atoms. The van der Waals surface area contributed by atoms with Crippen LogP contribution in [-0.4, -0.2) is 39.2 Å². The van der Waals surface area contributed by atoms with Gasteiger partial charge >= 0.3 is 12.2 Å². The Kier molecular flexibility index (Phi) is 10.8. The molecular weight excluding hydrogens is 386 g/mol. The maximum absolute atomic E-state index is 11.6. The van der Waals surface area contributed by atoms with E-state index in [0.29, 0.717) is 46.0 Å². The van der Waals surface area contributed by atoms with Gasteiger partial charge in [0.05, 0.1) is 27.1 Å². The predicted molar refractivity (Wildman–Crippen MR) is 113 cm³/mol. The highest BCUT2D eigenvalue weighted by atomic mass is 16.6. The van der Waals surface area contributed by atoms with Gasteiger partial charge in [0.15, 0.2) is 0 Å². The molecule has 2 aromatic rings.